The lowest BCUT2D eigenvalue weighted by molar-refractivity contribution is -0.146. The summed E-state index contributed by atoms with van der Waals surface area (Å²) in [7, 11) is 0. The first-order chi connectivity index (χ1) is 12.0. The summed E-state index contributed by atoms with van der Waals surface area (Å²) in [5.41, 5.74) is 1.28. The highest BCUT2D eigenvalue weighted by molar-refractivity contribution is 5.97. The van der Waals surface area contributed by atoms with Crippen molar-refractivity contribution in [2.45, 2.75) is 6.42 Å². The predicted octanol–water partition coefficient (Wildman–Crippen LogP) is 2.10. The molecular formula is C18H18N2O5. The molecule has 0 unspecified atom stereocenters. The van der Waals surface area contributed by atoms with Gasteiger partial charge in [-0.05, 0) is 42.5 Å². The van der Waals surface area contributed by atoms with Crippen LogP contribution in [0, 0.1) is 23.7 Å². The molecule has 130 valence electrons. The maximum absolute atomic E-state index is 12.6. The van der Waals surface area contributed by atoms with Crippen LogP contribution in [-0.2, 0) is 14.3 Å². The molecule has 2 bridgehead atoms. The van der Waals surface area contributed by atoms with Crippen molar-refractivity contribution in [3.63, 3.8) is 0 Å². The average Bonchev–Trinajstić information content (AvgIpc) is 3.30. The Morgan fingerprint density at radius 3 is 2.40 bits per heavy atom. The third-order valence-corrected chi connectivity index (χ3v) is 5.25. The van der Waals surface area contributed by atoms with E-state index < -0.39 is 17.8 Å². The molecule has 2 fully saturated rings. The smallest absolute Gasteiger partial charge is 0.414 e. The van der Waals surface area contributed by atoms with Gasteiger partial charge >= 0.3 is 12.1 Å². The van der Waals surface area contributed by atoms with Crippen molar-refractivity contribution in [1.82, 2.24) is 0 Å². The third kappa shape index (κ3) is 2.65. The maximum atomic E-state index is 12.6. The number of carbonyl (C=O) groups excluding carboxylic acids is 2. The number of hydrogen-bond acceptors (Lipinski definition) is 4. The Morgan fingerprint density at radius 2 is 1.80 bits per heavy atom. The molecule has 7 nitrogen and oxygen atoms in total. The zero-order chi connectivity index (χ0) is 17.6. The summed E-state index contributed by atoms with van der Waals surface area (Å²) < 4.78 is 4.90. The van der Waals surface area contributed by atoms with Gasteiger partial charge in [-0.3, -0.25) is 14.5 Å². The molecule has 1 saturated carbocycles. The van der Waals surface area contributed by atoms with E-state index in [1.165, 1.54) is 4.90 Å². The van der Waals surface area contributed by atoms with Gasteiger partial charge in [-0.15, -0.1) is 0 Å². The minimum Gasteiger partial charge on any atom is -0.481 e. The predicted molar refractivity (Wildman–Crippen MR) is 89.1 cm³/mol. The molecule has 0 aromatic heterocycles. The van der Waals surface area contributed by atoms with Crippen LogP contribution in [0.25, 0.3) is 0 Å². The van der Waals surface area contributed by atoms with Crippen molar-refractivity contribution in [2.24, 2.45) is 23.7 Å². The van der Waals surface area contributed by atoms with Crippen LogP contribution in [0.5, 0.6) is 0 Å². The van der Waals surface area contributed by atoms with E-state index in [9.17, 15) is 19.5 Å². The quantitative estimate of drug-likeness (QED) is 0.817. The number of carboxylic acid groups (broad SMARTS) is 1. The number of hydrogen-bond donors (Lipinski definition) is 2. The van der Waals surface area contributed by atoms with E-state index in [0.29, 0.717) is 24.5 Å². The number of anilines is 2. The van der Waals surface area contributed by atoms with Crippen LogP contribution in [0.4, 0.5) is 16.2 Å². The summed E-state index contributed by atoms with van der Waals surface area (Å²) in [5.74, 6) is -2.45. The van der Waals surface area contributed by atoms with Gasteiger partial charge in [-0.2, -0.15) is 0 Å². The van der Waals surface area contributed by atoms with Crippen molar-refractivity contribution in [3.8, 4) is 0 Å². The van der Waals surface area contributed by atoms with Crippen molar-refractivity contribution < 1.29 is 24.2 Å². The fraction of sp³-hybridized carbons (Fsp3) is 0.389. The van der Waals surface area contributed by atoms with Gasteiger partial charge in [0.25, 0.3) is 0 Å². The van der Waals surface area contributed by atoms with Crippen LogP contribution in [0.2, 0.25) is 0 Å². The van der Waals surface area contributed by atoms with Gasteiger partial charge < -0.3 is 15.2 Å². The summed E-state index contributed by atoms with van der Waals surface area (Å²) in [4.78, 5) is 37.2. The molecule has 25 heavy (non-hydrogen) atoms. The number of amides is 2. The Labute approximate surface area is 144 Å². The number of benzene rings is 1. The highest BCUT2D eigenvalue weighted by atomic mass is 16.6. The van der Waals surface area contributed by atoms with Gasteiger partial charge in [0.2, 0.25) is 5.91 Å². The molecule has 1 aliphatic heterocycles. The molecule has 0 spiro atoms. The lowest BCUT2D eigenvalue weighted by atomic mass is 9.82. The molecule has 7 heteroatoms. The first-order valence-electron chi connectivity index (χ1n) is 8.31. The fourth-order valence-corrected chi connectivity index (χ4v) is 4.09. The summed E-state index contributed by atoms with van der Waals surface area (Å²) in [6.07, 6.45) is 4.22. The number of ether oxygens (including phenoxy) is 1. The second-order valence-electron chi connectivity index (χ2n) is 6.64. The molecule has 1 aromatic carbocycles. The second kappa shape index (κ2) is 5.91. The van der Waals surface area contributed by atoms with Crippen molar-refractivity contribution in [3.05, 3.63) is 36.4 Å². The first-order valence-corrected chi connectivity index (χ1v) is 8.31. The molecule has 1 heterocycles. The van der Waals surface area contributed by atoms with Crippen LogP contribution in [0.15, 0.2) is 36.4 Å². The lowest BCUT2D eigenvalue weighted by Crippen LogP contribution is -2.36. The summed E-state index contributed by atoms with van der Waals surface area (Å²) in [5, 5.41) is 12.3. The van der Waals surface area contributed by atoms with Crippen LogP contribution in [-0.4, -0.2) is 36.2 Å². The molecule has 1 aromatic rings. The van der Waals surface area contributed by atoms with E-state index in [1.807, 2.05) is 12.2 Å². The minimum atomic E-state index is -0.917. The number of carbonyl (C=O) groups is 3. The van der Waals surface area contributed by atoms with Crippen molar-refractivity contribution in [1.29, 1.82) is 0 Å². The largest absolute Gasteiger partial charge is 0.481 e. The highest BCUT2D eigenvalue weighted by Crippen LogP contribution is 2.48. The highest BCUT2D eigenvalue weighted by Gasteiger charge is 2.51. The number of cyclic esters (lactones) is 1. The van der Waals surface area contributed by atoms with E-state index in [0.717, 1.165) is 6.42 Å². The SMILES string of the molecule is O=C(O)[C@H]1[C@H](C(=O)Nc2ccc(N3CCOC3=O)cc2)[C@H]2C=C[C@H]1C2. The summed E-state index contributed by atoms with van der Waals surface area (Å²) in [6, 6.07) is 6.88. The van der Waals surface area contributed by atoms with Crippen molar-refractivity contribution >= 4 is 29.3 Å². The minimum absolute atomic E-state index is 0.00950. The Morgan fingerprint density at radius 1 is 1.12 bits per heavy atom. The second-order valence-corrected chi connectivity index (χ2v) is 6.64. The van der Waals surface area contributed by atoms with Crippen LogP contribution in [0.3, 0.4) is 0 Å². The number of allylic oxidation sites excluding steroid dienone is 2. The molecule has 2 aliphatic carbocycles. The van der Waals surface area contributed by atoms with E-state index in [4.69, 9.17) is 4.74 Å². The topological polar surface area (TPSA) is 95.9 Å². The Kier molecular flexibility index (Phi) is 3.71. The van der Waals surface area contributed by atoms with Crippen molar-refractivity contribution in [2.75, 3.05) is 23.4 Å². The number of fused-ring (bicyclic) bond motifs is 2. The zero-order valence-electron chi connectivity index (χ0n) is 13.4. The average molecular weight is 342 g/mol. The van der Waals surface area contributed by atoms with E-state index in [2.05, 4.69) is 5.32 Å². The summed E-state index contributed by atoms with van der Waals surface area (Å²) >= 11 is 0. The molecule has 2 amide bonds. The molecule has 3 aliphatic rings. The Hall–Kier alpha value is -2.83. The van der Waals surface area contributed by atoms with E-state index in [1.54, 1.807) is 24.3 Å². The van der Waals surface area contributed by atoms with Gasteiger partial charge in [0, 0.05) is 11.4 Å². The third-order valence-electron chi connectivity index (χ3n) is 5.25. The molecular weight excluding hydrogens is 324 g/mol. The van der Waals surface area contributed by atoms with Gasteiger partial charge in [0.15, 0.2) is 0 Å². The number of nitrogens with zero attached hydrogens (tertiary/aromatic N) is 1. The van der Waals surface area contributed by atoms with Gasteiger partial charge in [0.05, 0.1) is 18.4 Å². The molecule has 4 atom stereocenters. The maximum Gasteiger partial charge on any atom is 0.414 e. The van der Waals surface area contributed by atoms with E-state index >= 15 is 0 Å². The lowest BCUT2D eigenvalue weighted by Gasteiger charge is -2.24. The number of nitrogens with one attached hydrogen (secondary N) is 1. The summed E-state index contributed by atoms with van der Waals surface area (Å²) in [6.45, 7) is 0.869. The normalized spacial score (nSPS) is 29.8. The molecule has 2 N–H and O–H groups in total. The Bertz CT molecular complexity index is 757. The fourth-order valence-electron chi connectivity index (χ4n) is 4.09. The zero-order valence-corrected chi connectivity index (χ0v) is 13.4. The van der Waals surface area contributed by atoms with Crippen LogP contribution < -0.4 is 10.2 Å². The number of aliphatic carboxylic acids is 1. The monoisotopic (exact) mass is 342 g/mol. The standard InChI is InChI=1S/C18H18N2O5/c21-16(14-10-1-2-11(9-10)15(14)17(22)23)19-12-3-5-13(6-4-12)20-7-8-25-18(20)24/h1-6,10-11,14-15H,7-9H2,(H,19,21)(H,22,23)/t10-,11-,14+,15+/m0/s1. The van der Waals surface area contributed by atoms with Crippen LogP contribution in [0.1, 0.15) is 6.42 Å². The van der Waals surface area contributed by atoms with Gasteiger partial charge in [-0.25, -0.2) is 4.79 Å². The van der Waals surface area contributed by atoms with Gasteiger partial charge in [-0.1, -0.05) is 12.2 Å². The molecule has 4 rings (SSSR count). The van der Waals surface area contributed by atoms with Crippen LogP contribution >= 0.6 is 0 Å². The molecule has 1 saturated heterocycles. The molecule has 0 radical (unpaired) electrons. The number of rotatable bonds is 4. The van der Waals surface area contributed by atoms with Gasteiger partial charge in [0.1, 0.15) is 6.61 Å². The van der Waals surface area contributed by atoms with E-state index in [-0.39, 0.29) is 23.8 Å². The first kappa shape index (κ1) is 15.7. The Balaban J connectivity index is 1.47. The number of carboxylic acids is 1.